The molecule has 0 unspecified atom stereocenters. The van der Waals surface area contributed by atoms with Crippen molar-refractivity contribution in [1.29, 1.82) is 0 Å². The van der Waals surface area contributed by atoms with E-state index >= 15 is 0 Å². The second-order valence-electron chi connectivity index (χ2n) is 6.66. The number of benzene rings is 1. The van der Waals surface area contributed by atoms with E-state index in [4.69, 9.17) is 9.90 Å². The summed E-state index contributed by atoms with van der Waals surface area (Å²) in [5, 5.41) is 12.6. The third kappa shape index (κ3) is 8.89. The summed E-state index contributed by atoms with van der Waals surface area (Å²) >= 11 is 0. The first-order valence-electron chi connectivity index (χ1n) is 9.31. The van der Waals surface area contributed by atoms with Gasteiger partial charge in [0.1, 0.15) is 0 Å². The molecule has 0 saturated carbocycles. The molecule has 0 spiro atoms. The Kier molecular flexibility index (Phi) is 9.71. The molecule has 0 bridgehead atoms. The van der Waals surface area contributed by atoms with Gasteiger partial charge in [-0.2, -0.15) is 13.2 Å². The fraction of sp³-hybridized carbons (Fsp3) is 0.400. The van der Waals surface area contributed by atoms with E-state index in [1.54, 1.807) is 35.2 Å². The van der Waals surface area contributed by atoms with Crippen LogP contribution in [0.3, 0.4) is 0 Å². The number of rotatable bonds is 5. The Hall–Kier alpha value is -3.37. The van der Waals surface area contributed by atoms with Gasteiger partial charge in [-0.1, -0.05) is 6.08 Å². The van der Waals surface area contributed by atoms with Crippen LogP contribution < -0.4 is 10.6 Å². The lowest BCUT2D eigenvalue weighted by molar-refractivity contribution is -0.192. The van der Waals surface area contributed by atoms with E-state index in [9.17, 15) is 27.6 Å². The molecule has 0 aliphatic carbocycles. The lowest BCUT2D eigenvalue weighted by Gasteiger charge is -2.31. The van der Waals surface area contributed by atoms with Crippen molar-refractivity contribution >= 4 is 29.4 Å². The van der Waals surface area contributed by atoms with E-state index in [1.165, 1.54) is 6.92 Å². The fourth-order valence-electron chi connectivity index (χ4n) is 2.74. The van der Waals surface area contributed by atoms with Crippen LogP contribution in [-0.4, -0.2) is 59.5 Å². The van der Waals surface area contributed by atoms with Crippen molar-refractivity contribution in [3.05, 3.63) is 42.5 Å². The van der Waals surface area contributed by atoms with Crippen LogP contribution in [0, 0.1) is 5.92 Å². The Bertz CT molecular complexity index is 801. The van der Waals surface area contributed by atoms with Crippen LogP contribution >= 0.6 is 0 Å². The van der Waals surface area contributed by atoms with Gasteiger partial charge in [-0.3, -0.25) is 14.4 Å². The number of aliphatic carboxylic acids is 1. The van der Waals surface area contributed by atoms with E-state index in [0.717, 1.165) is 0 Å². The van der Waals surface area contributed by atoms with Gasteiger partial charge in [0, 0.05) is 43.7 Å². The normalized spacial score (nSPS) is 14.0. The summed E-state index contributed by atoms with van der Waals surface area (Å²) in [4.78, 5) is 46.1. The van der Waals surface area contributed by atoms with Crippen LogP contribution in [0.25, 0.3) is 0 Å². The molecule has 3 amide bonds. The van der Waals surface area contributed by atoms with Crippen molar-refractivity contribution in [1.82, 2.24) is 10.2 Å². The van der Waals surface area contributed by atoms with Gasteiger partial charge in [-0.05, 0) is 37.1 Å². The molecule has 8 nitrogen and oxygen atoms in total. The molecule has 170 valence electrons. The summed E-state index contributed by atoms with van der Waals surface area (Å²) in [5.74, 6) is -2.97. The number of alkyl halides is 3. The number of piperidine rings is 1. The quantitative estimate of drug-likeness (QED) is 0.605. The number of nitrogens with one attached hydrogen (secondary N) is 2. The van der Waals surface area contributed by atoms with Gasteiger partial charge >= 0.3 is 12.1 Å². The molecule has 11 heteroatoms. The standard InChI is InChI=1S/C18H23N3O3.C2HF3O2/c1-3-10-19-17(23)14-8-11-21(12-9-14)18(24)15-4-6-16(7-5-15)20-13(2)22;3-2(4,5)1(6)7/h3-7,14H,1,8-12H2,2H3,(H,19,23)(H,20,22);(H,6,7). The van der Waals surface area contributed by atoms with Gasteiger partial charge in [-0.15, -0.1) is 6.58 Å². The van der Waals surface area contributed by atoms with Crippen LogP contribution in [0.2, 0.25) is 0 Å². The molecular formula is C20H24F3N3O5. The van der Waals surface area contributed by atoms with Gasteiger partial charge < -0.3 is 20.6 Å². The summed E-state index contributed by atoms with van der Waals surface area (Å²) in [5.41, 5.74) is 1.25. The zero-order valence-corrected chi connectivity index (χ0v) is 16.9. The van der Waals surface area contributed by atoms with Crippen LogP contribution in [0.1, 0.15) is 30.1 Å². The number of anilines is 1. The van der Waals surface area contributed by atoms with Crippen LogP contribution in [0.4, 0.5) is 18.9 Å². The van der Waals surface area contributed by atoms with Crippen molar-refractivity contribution in [3.63, 3.8) is 0 Å². The van der Waals surface area contributed by atoms with Gasteiger partial charge in [0.2, 0.25) is 11.8 Å². The van der Waals surface area contributed by atoms with Gasteiger partial charge in [0.25, 0.3) is 5.91 Å². The third-order valence-electron chi connectivity index (χ3n) is 4.27. The first kappa shape index (κ1) is 25.7. The second-order valence-corrected chi connectivity index (χ2v) is 6.66. The van der Waals surface area contributed by atoms with Crippen molar-refractivity contribution in [2.45, 2.75) is 25.9 Å². The molecule has 1 heterocycles. The maximum absolute atomic E-state index is 12.5. The molecule has 0 atom stereocenters. The number of halogens is 3. The number of carbonyl (C=O) groups is 4. The average Bonchev–Trinajstić information content (AvgIpc) is 2.71. The number of hydrogen-bond donors (Lipinski definition) is 3. The smallest absolute Gasteiger partial charge is 0.475 e. The van der Waals surface area contributed by atoms with Gasteiger partial charge in [0.15, 0.2) is 0 Å². The van der Waals surface area contributed by atoms with Crippen LogP contribution in [0.5, 0.6) is 0 Å². The molecule has 0 radical (unpaired) electrons. The fourth-order valence-corrected chi connectivity index (χ4v) is 2.74. The molecule has 1 aromatic carbocycles. The Morgan fingerprint density at radius 3 is 2.10 bits per heavy atom. The highest BCUT2D eigenvalue weighted by Crippen LogP contribution is 2.20. The van der Waals surface area contributed by atoms with Gasteiger partial charge in [0.05, 0.1) is 0 Å². The number of carbonyl (C=O) groups excluding carboxylic acids is 3. The topological polar surface area (TPSA) is 116 Å². The van der Waals surface area contributed by atoms with Crippen molar-refractivity contribution < 1.29 is 37.5 Å². The van der Waals surface area contributed by atoms with Gasteiger partial charge in [-0.25, -0.2) is 4.79 Å². The monoisotopic (exact) mass is 443 g/mol. The molecule has 3 N–H and O–H groups in total. The third-order valence-corrected chi connectivity index (χ3v) is 4.27. The minimum absolute atomic E-state index is 0.0293. The molecular weight excluding hydrogens is 419 g/mol. The van der Waals surface area contributed by atoms with E-state index in [1.807, 2.05) is 0 Å². The van der Waals surface area contributed by atoms with E-state index < -0.39 is 12.1 Å². The lowest BCUT2D eigenvalue weighted by Crippen LogP contribution is -2.43. The highest BCUT2D eigenvalue weighted by atomic mass is 19.4. The largest absolute Gasteiger partial charge is 0.490 e. The predicted molar refractivity (Wildman–Crippen MR) is 106 cm³/mol. The van der Waals surface area contributed by atoms with E-state index in [0.29, 0.717) is 43.7 Å². The number of carboxylic acids is 1. The highest BCUT2D eigenvalue weighted by molar-refractivity contribution is 5.95. The lowest BCUT2D eigenvalue weighted by atomic mass is 9.95. The number of likely N-dealkylation sites (tertiary alicyclic amines) is 1. The maximum Gasteiger partial charge on any atom is 0.490 e. The Morgan fingerprint density at radius 2 is 1.68 bits per heavy atom. The highest BCUT2D eigenvalue weighted by Gasteiger charge is 2.38. The first-order valence-corrected chi connectivity index (χ1v) is 9.31. The molecule has 2 rings (SSSR count). The Morgan fingerprint density at radius 1 is 1.16 bits per heavy atom. The summed E-state index contributed by atoms with van der Waals surface area (Å²) < 4.78 is 31.7. The van der Waals surface area contributed by atoms with E-state index in [2.05, 4.69) is 17.2 Å². The zero-order chi connectivity index (χ0) is 23.6. The SMILES string of the molecule is C=CCNC(=O)C1CCN(C(=O)c2ccc(NC(C)=O)cc2)CC1.O=C(O)C(F)(F)F. The Balaban J connectivity index is 0.000000592. The summed E-state index contributed by atoms with van der Waals surface area (Å²) in [6.45, 7) is 6.62. The number of hydrogen-bond acceptors (Lipinski definition) is 4. The first-order chi connectivity index (χ1) is 14.5. The minimum Gasteiger partial charge on any atom is -0.475 e. The van der Waals surface area contributed by atoms with Crippen LogP contribution in [-0.2, 0) is 14.4 Å². The molecule has 1 aliphatic heterocycles. The molecule has 1 fully saturated rings. The Labute approximate surface area is 177 Å². The summed E-state index contributed by atoms with van der Waals surface area (Å²) in [6.07, 6.45) is -2.10. The molecule has 31 heavy (non-hydrogen) atoms. The van der Waals surface area contributed by atoms with Crippen molar-refractivity contribution in [2.24, 2.45) is 5.92 Å². The van der Waals surface area contributed by atoms with E-state index in [-0.39, 0.29) is 23.6 Å². The van der Waals surface area contributed by atoms with Crippen molar-refractivity contribution in [3.8, 4) is 0 Å². The zero-order valence-electron chi connectivity index (χ0n) is 16.9. The molecule has 1 aliphatic rings. The summed E-state index contributed by atoms with van der Waals surface area (Å²) in [6, 6.07) is 6.83. The minimum atomic E-state index is -5.08. The summed E-state index contributed by atoms with van der Waals surface area (Å²) in [7, 11) is 0. The second kappa shape index (κ2) is 11.7. The molecule has 1 saturated heterocycles. The number of nitrogens with zero attached hydrogens (tertiary/aromatic N) is 1. The number of amides is 3. The average molecular weight is 443 g/mol. The van der Waals surface area contributed by atoms with Crippen molar-refractivity contribution in [2.75, 3.05) is 25.0 Å². The number of carboxylic acid groups (broad SMARTS) is 1. The van der Waals surface area contributed by atoms with Crippen LogP contribution in [0.15, 0.2) is 36.9 Å². The molecule has 1 aromatic rings. The maximum atomic E-state index is 12.5. The predicted octanol–water partition coefficient (Wildman–Crippen LogP) is 2.43. The molecule has 0 aromatic heterocycles.